The van der Waals surface area contributed by atoms with Gasteiger partial charge in [0, 0.05) is 5.75 Å². The molecule has 1 rings (SSSR count). The van der Waals surface area contributed by atoms with E-state index in [1.165, 1.54) is 80.1 Å². The Balaban J connectivity index is 1.75. The van der Waals surface area contributed by atoms with E-state index in [0.717, 1.165) is 0 Å². The lowest BCUT2D eigenvalue weighted by Gasteiger charge is -2.02. The first-order valence-electron chi connectivity index (χ1n) is 8.16. The second kappa shape index (κ2) is 12.1. The smallest absolute Gasteiger partial charge is 0.124 e. The highest BCUT2D eigenvalue weighted by atomic mass is 32.2. The van der Waals surface area contributed by atoms with E-state index in [-0.39, 0.29) is 0 Å². The lowest BCUT2D eigenvalue weighted by molar-refractivity contribution is 0.563. The van der Waals surface area contributed by atoms with Crippen molar-refractivity contribution in [3.63, 3.8) is 0 Å². The molecular weight excluding hydrogens is 270 g/mol. The molecule has 1 nitrogen and oxygen atoms in total. The fraction of sp³-hybridized carbons (Fsp3) is 0.938. The number of unbranched alkanes of at least 4 members (excludes halogenated alkanes) is 9. The molecular formula is C16H31NS2. The predicted octanol–water partition coefficient (Wildman–Crippen LogP) is 6.13. The van der Waals surface area contributed by atoms with Crippen molar-refractivity contribution in [1.29, 1.82) is 0 Å². The molecule has 19 heavy (non-hydrogen) atoms. The zero-order chi connectivity index (χ0) is 13.8. The minimum absolute atomic E-state index is 0.556. The molecule has 0 saturated carbocycles. The first-order chi connectivity index (χ1) is 9.33. The number of rotatable bonds is 11. The molecule has 1 atom stereocenters. The van der Waals surface area contributed by atoms with E-state index in [0.29, 0.717) is 6.04 Å². The van der Waals surface area contributed by atoms with Gasteiger partial charge >= 0.3 is 0 Å². The van der Waals surface area contributed by atoms with Crippen LogP contribution in [0.3, 0.4) is 0 Å². The highest BCUT2D eigenvalue weighted by Gasteiger charge is 2.13. The highest BCUT2D eigenvalue weighted by molar-refractivity contribution is 8.39. The topological polar surface area (TPSA) is 12.4 Å². The van der Waals surface area contributed by atoms with Gasteiger partial charge in [0.25, 0.3) is 0 Å². The zero-order valence-corrected chi connectivity index (χ0v) is 14.5. The van der Waals surface area contributed by atoms with Crippen LogP contribution in [-0.4, -0.2) is 21.9 Å². The van der Waals surface area contributed by atoms with E-state index in [1.807, 2.05) is 23.5 Å². The third-order valence-corrected chi connectivity index (χ3v) is 6.05. The van der Waals surface area contributed by atoms with Crippen LogP contribution in [0, 0.1) is 0 Å². The van der Waals surface area contributed by atoms with Crippen molar-refractivity contribution in [3.05, 3.63) is 0 Å². The third kappa shape index (κ3) is 9.84. The second-order valence-electron chi connectivity index (χ2n) is 5.59. The quantitative estimate of drug-likeness (QED) is 0.425. The fourth-order valence-electron chi connectivity index (χ4n) is 2.27. The summed E-state index contributed by atoms with van der Waals surface area (Å²) in [7, 11) is 0. The summed E-state index contributed by atoms with van der Waals surface area (Å²) in [5.74, 6) is 2.47. The Kier molecular flexibility index (Phi) is 11.1. The van der Waals surface area contributed by atoms with Gasteiger partial charge in [0.1, 0.15) is 4.38 Å². The standard InChI is InChI=1S/C16H31NS2/c1-3-4-5-6-7-8-9-10-11-12-13-18-16-17-15(2)14-19-16/h15H,3-14H2,1-2H3/t15-/m1/s1. The molecule has 0 aromatic rings. The largest absolute Gasteiger partial charge is 0.268 e. The lowest BCUT2D eigenvalue weighted by Crippen LogP contribution is -1.92. The maximum atomic E-state index is 4.61. The van der Waals surface area contributed by atoms with Crippen molar-refractivity contribution >= 4 is 27.9 Å². The Labute approximate surface area is 128 Å². The predicted molar refractivity (Wildman–Crippen MR) is 93.7 cm³/mol. The molecule has 1 heterocycles. The van der Waals surface area contributed by atoms with Crippen molar-refractivity contribution < 1.29 is 0 Å². The average molecular weight is 302 g/mol. The summed E-state index contributed by atoms with van der Waals surface area (Å²) >= 11 is 3.92. The molecule has 0 bridgehead atoms. The SMILES string of the molecule is CCCCCCCCCCCCSC1=N[C@H](C)CS1. The molecule has 1 aliphatic heterocycles. The summed E-state index contributed by atoms with van der Waals surface area (Å²) in [6, 6.07) is 0.556. The van der Waals surface area contributed by atoms with Crippen molar-refractivity contribution in [2.45, 2.75) is 84.1 Å². The molecule has 0 N–H and O–H groups in total. The minimum Gasteiger partial charge on any atom is -0.268 e. The summed E-state index contributed by atoms with van der Waals surface area (Å²) in [4.78, 5) is 4.61. The molecule has 0 spiro atoms. The number of nitrogens with zero attached hydrogens (tertiary/aromatic N) is 1. The van der Waals surface area contributed by atoms with Crippen LogP contribution >= 0.6 is 23.5 Å². The number of hydrogen-bond donors (Lipinski definition) is 0. The normalized spacial score (nSPS) is 18.8. The summed E-state index contributed by atoms with van der Waals surface area (Å²) in [6.07, 6.45) is 14.3. The molecule has 3 heteroatoms. The van der Waals surface area contributed by atoms with Gasteiger partial charge in [-0.2, -0.15) is 0 Å². The van der Waals surface area contributed by atoms with Gasteiger partial charge in [-0.15, -0.1) is 0 Å². The summed E-state index contributed by atoms with van der Waals surface area (Å²) < 4.78 is 1.34. The van der Waals surface area contributed by atoms with Crippen LogP contribution in [0.25, 0.3) is 0 Å². The molecule has 112 valence electrons. The monoisotopic (exact) mass is 301 g/mol. The van der Waals surface area contributed by atoms with Gasteiger partial charge in [0.2, 0.25) is 0 Å². The van der Waals surface area contributed by atoms with Gasteiger partial charge in [-0.3, -0.25) is 4.99 Å². The van der Waals surface area contributed by atoms with Crippen LogP contribution < -0.4 is 0 Å². The molecule has 0 aromatic carbocycles. The molecule has 0 aliphatic carbocycles. The van der Waals surface area contributed by atoms with E-state index < -0.39 is 0 Å². The fourth-order valence-corrected chi connectivity index (χ4v) is 4.55. The molecule has 0 saturated heterocycles. The van der Waals surface area contributed by atoms with E-state index in [1.54, 1.807) is 0 Å². The Morgan fingerprint density at radius 1 is 1.00 bits per heavy atom. The van der Waals surface area contributed by atoms with Crippen molar-refractivity contribution in [3.8, 4) is 0 Å². The summed E-state index contributed by atoms with van der Waals surface area (Å²) in [5.41, 5.74) is 0. The average Bonchev–Trinajstić information content (AvgIpc) is 2.82. The Bertz CT molecular complexity index is 241. The zero-order valence-electron chi connectivity index (χ0n) is 12.8. The van der Waals surface area contributed by atoms with Crippen LogP contribution in [0.5, 0.6) is 0 Å². The van der Waals surface area contributed by atoms with Gasteiger partial charge in [0.15, 0.2) is 0 Å². The maximum Gasteiger partial charge on any atom is 0.124 e. The third-order valence-electron chi connectivity index (χ3n) is 3.50. The number of aliphatic imine (C=N–C) groups is 1. The molecule has 0 unspecified atom stereocenters. The van der Waals surface area contributed by atoms with Gasteiger partial charge in [-0.05, 0) is 19.1 Å². The second-order valence-corrected chi connectivity index (χ2v) is 7.94. The van der Waals surface area contributed by atoms with E-state index >= 15 is 0 Å². The lowest BCUT2D eigenvalue weighted by atomic mass is 10.1. The van der Waals surface area contributed by atoms with Gasteiger partial charge < -0.3 is 0 Å². The molecule has 0 aromatic heterocycles. The van der Waals surface area contributed by atoms with Crippen LogP contribution in [0.4, 0.5) is 0 Å². The van der Waals surface area contributed by atoms with E-state index in [4.69, 9.17) is 0 Å². The summed E-state index contributed by atoms with van der Waals surface area (Å²) in [6.45, 7) is 4.50. The Morgan fingerprint density at radius 2 is 1.58 bits per heavy atom. The number of hydrogen-bond acceptors (Lipinski definition) is 3. The van der Waals surface area contributed by atoms with Gasteiger partial charge in [-0.25, -0.2) is 0 Å². The van der Waals surface area contributed by atoms with Crippen LogP contribution in [-0.2, 0) is 0 Å². The molecule has 0 amide bonds. The van der Waals surface area contributed by atoms with E-state index in [2.05, 4.69) is 18.8 Å². The first-order valence-corrected chi connectivity index (χ1v) is 10.1. The van der Waals surface area contributed by atoms with Crippen LogP contribution in [0.2, 0.25) is 0 Å². The minimum atomic E-state index is 0.556. The van der Waals surface area contributed by atoms with Gasteiger partial charge in [0.05, 0.1) is 6.04 Å². The van der Waals surface area contributed by atoms with Crippen molar-refractivity contribution in [1.82, 2.24) is 0 Å². The highest BCUT2D eigenvalue weighted by Crippen LogP contribution is 2.26. The van der Waals surface area contributed by atoms with Crippen LogP contribution in [0.15, 0.2) is 4.99 Å². The van der Waals surface area contributed by atoms with Gasteiger partial charge in [-0.1, -0.05) is 88.2 Å². The van der Waals surface area contributed by atoms with Crippen LogP contribution in [0.1, 0.15) is 78.1 Å². The summed E-state index contributed by atoms with van der Waals surface area (Å²) in [5, 5.41) is 0. The van der Waals surface area contributed by atoms with Crippen molar-refractivity contribution in [2.24, 2.45) is 4.99 Å². The maximum absolute atomic E-state index is 4.61. The molecule has 0 fully saturated rings. The Morgan fingerprint density at radius 3 is 2.11 bits per heavy atom. The van der Waals surface area contributed by atoms with E-state index in [9.17, 15) is 0 Å². The first kappa shape index (κ1) is 17.4. The Hall–Kier alpha value is 0.370. The molecule has 0 radical (unpaired) electrons. The molecule has 1 aliphatic rings. The number of thioether (sulfide) groups is 2. The van der Waals surface area contributed by atoms with Crippen molar-refractivity contribution in [2.75, 3.05) is 11.5 Å².